The zero-order valence-corrected chi connectivity index (χ0v) is 33.3. The van der Waals surface area contributed by atoms with Gasteiger partial charge >= 0.3 is 0 Å². The number of benzene rings is 10. The second-order valence-electron chi connectivity index (χ2n) is 15.4. The second-order valence-corrected chi connectivity index (χ2v) is 15.4. The number of anilines is 6. The molecule has 0 aliphatic carbocycles. The minimum atomic E-state index is 1.06. The third-order valence-electron chi connectivity index (χ3n) is 11.9. The monoisotopic (exact) mass is 767 g/mol. The van der Waals surface area contributed by atoms with Gasteiger partial charge in [-0.15, -0.1) is 0 Å². The molecule has 0 aliphatic rings. The van der Waals surface area contributed by atoms with Gasteiger partial charge in [0.05, 0.1) is 11.4 Å². The van der Waals surface area contributed by atoms with Crippen molar-refractivity contribution in [2.24, 2.45) is 7.05 Å². The Kier molecular flexibility index (Phi) is 8.71. The number of para-hydroxylation sites is 2. The summed E-state index contributed by atoms with van der Waals surface area (Å²) in [6.45, 7) is 0. The average Bonchev–Trinajstić information content (AvgIpc) is 3.61. The van der Waals surface area contributed by atoms with Crippen molar-refractivity contribution in [1.29, 1.82) is 0 Å². The fourth-order valence-electron chi connectivity index (χ4n) is 9.28. The maximum atomic E-state index is 2.49. The third-order valence-corrected chi connectivity index (χ3v) is 11.9. The summed E-state index contributed by atoms with van der Waals surface area (Å²) in [6, 6.07) is 83.6. The van der Waals surface area contributed by atoms with Crippen LogP contribution in [0.3, 0.4) is 0 Å². The highest BCUT2D eigenvalue weighted by molar-refractivity contribution is 6.18. The molecule has 0 N–H and O–H groups in total. The van der Waals surface area contributed by atoms with Crippen molar-refractivity contribution >= 4 is 77.5 Å². The molecule has 0 saturated carbocycles. The van der Waals surface area contributed by atoms with E-state index in [0.29, 0.717) is 0 Å². The van der Waals surface area contributed by atoms with E-state index in [2.05, 4.69) is 252 Å². The van der Waals surface area contributed by atoms with Gasteiger partial charge in [-0.25, -0.2) is 0 Å². The lowest BCUT2D eigenvalue weighted by Crippen LogP contribution is -2.18. The van der Waals surface area contributed by atoms with Crippen LogP contribution < -0.4 is 9.80 Å². The molecular weight excluding hydrogens is 727 g/mol. The van der Waals surface area contributed by atoms with Gasteiger partial charge in [0.25, 0.3) is 0 Å². The summed E-state index contributed by atoms with van der Waals surface area (Å²) in [4.78, 5) is 4.99. The Balaban J connectivity index is 1.34. The van der Waals surface area contributed by atoms with E-state index < -0.39 is 0 Å². The van der Waals surface area contributed by atoms with Crippen LogP contribution in [0.25, 0.3) is 65.3 Å². The molecule has 0 radical (unpaired) electrons. The number of hydrogen-bond acceptors (Lipinski definition) is 2. The number of fused-ring (bicyclic) bond motifs is 6. The van der Waals surface area contributed by atoms with Crippen LogP contribution in [0.2, 0.25) is 0 Å². The van der Waals surface area contributed by atoms with Crippen LogP contribution in [0.5, 0.6) is 0 Å². The lowest BCUT2D eigenvalue weighted by molar-refractivity contribution is 0.903. The van der Waals surface area contributed by atoms with Crippen molar-refractivity contribution in [1.82, 2.24) is 4.57 Å². The van der Waals surface area contributed by atoms with E-state index in [1.54, 1.807) is 0 Å². The molecule has 284 valence electrons. The van der Waals surface area contributed by atoms with Gasteiger partial charge in [0.2, 0.25) is 0 Å². The van der Waals surface area contributed by atoms with Crippen molar-refractivity contribution in [3.63, 3.8) is 0 Å². The summed E-state index contributed by atoms with van der Waals surface area (Å²) in [5.41, 5.74) is 8.93. The van der Waals surface area contributed by atoms with Crippen molar-refractivity contribution in [3.05, 3.63) is 231 Å². The molecule has 0 bridgehead atoms. The maximum absolute atomic E-state index is 2.49. The Labute approximate surface area is 350 Å². The van der Waals surface area contributed by atoms with E-state index in [9.17, 15) is 0 Å². The third kappa shape index (κ3) is 5.82. The minimum Gasteiger partial charge on any atom is -0.315 e. The molecule has 0 saturated heterocycles. The fourth-order valence-corrected chi connectivity index (χ4v) is 9.28. The van der Waals surface area contributed by atoms with E-state index >= 15 is 0 Å². The summed E-state index contributed by atoms with van der Waals surface area (Å²) >= 11 is 0. The molecule has 3 nitrogen and oxygen atoms in total. The topological polar surface area (TPSA) is 11.4 Å². The van der Waals surface area contributed by atoms with Crippen LogP contribution in [0.1, 0.15) is 0 Å². The van der Waals surface area contributed by atoms with Gasteiger partial charge in [-0.1, -0.05) is 194 Å². The Morgan fingerprint density at radius 3 is 0.983 bits per heavy atom. The summed E-state index contributed by atoms with van der Waals surface area (Å²) in [6.07, 6.45) is 0. The molecule has 1 heterocycles. The molecule has 0 aliphatic heterocycles. The first-order valence-electron chi connectivity index (χ1n) is 20.6. The molecule has 60 heavy (non-hydrogen) atoms. The maximum Gasteiger partial charge on any atom is 0.127 e. The lowest BCUT2D eigenvalue weighted by atomic mass is 9.95. The van der Waals surface area contributed by atoms with Gasteiger partial charge in [0, 0.05) is 40.3 Å². The quantitative estimate of drug-likeness (QED) is 0.143. The number of rotatable bonds is 8. The first-order valence-corrected chi connectivity index (χ1v) is 20.6. The zero-order valence-electron chi connectivity index (χ0n) is 33.3. The molecule has 10 aromatic carbocycles. The van der Waals surface area contributed by atoms with Crippen molar-refractivity contribution in [2.45, 2.75) is 0 Å². The van der Waals surface area contributed by atoms with Crippen molar-refractivity contribution in [3.8, 4) is 22.3 Å². The number of aromatic nitrogens is 1. The van der Waals surface area contributed by atoms with Gasteiger partial charge < -0.3 is 4.57 Å². The van der Waals surface area contributed by atoms with Gasteiger partial charge in [0.1, 0.15) is 11.6 Å². The van der Waals surface area contributed by atoms with E-state index in [0.717, 1.165) is 56.6 Å². The zero-order chi connectivity index (χ0) is 40.0. The molecule has 0 unspecified atom stereocenters. The van der Waals surface area contributed by atoms with Gasteiger partial charge in [-0.2, -0.15) is 0 Å². The SMILES string of the molecule is Cn1c(N(c2ccccc2)c2cc3ccccc3c3ccccc23)c(-c2ccccc2)c(-c2ccccc2)c1N(c1ccccc1)c1cc2ccccc2c2ccccc12. The highest BCUT2D eigenvalue weighted by Gasteiger charge is 2.33. The molecule has 0 amide bonds. The Morgan fingerprint density at radius 2 is 0.600 bits per heavy atom. The number of hydrogen-bond donors (Lipinski definition) is 0. The summed E-state index contributed by atoms with van der Waals surface area (Å²) in [5, 5.41) is 9.68. The predicted molar refractivity (Wildman–Crippen MR) is 256 cm³/mol. The molecule has 1 aromatic heterocycles. The lowest BCUT2D eigenvalue weighted by Gasteiger charge is -2.31. The van der Waals surface area contributed by atoms with Crippen LogP contribution in [-0.4, -0.2) is 4.57 Å². The van der Waals surface area contributed by atoms with Crippen LogP contribution in [0.15, 0.2) is 231 Å². The van der Waals surface area contributed by atoms with Crippen molar-refractivity contribution < 1.29 is 0 Å². The molecular formula is C57H41N3. The molecule has 0 fully saturated rings. The molecule has 0 spiro atoms. The normalized spacial score (nSPS) is 11.4. The summed E-state index contributed by atoms with van der Waals surface area (Å²) in [7, 11) is 2.25. The largest absolute Gasteiger partial charge is 0.315 e. The van der Waals surface area contributed by atoms with Crippen molar-refractivity contribution in [2.75, 3.05) is 9.80 Å². The van der Waals surface area contributed by atoms with Crippen LogP contribution in [0.4, 0.5) is 34.4 Å². The van der Waals surface area contributed by atoms with Gasteiger partial charge in [0.15, 0.2) is 0 Å². The Morgan fingerprint density at radius 1 is 0.300 bits per heavy atom. The molecule has 3 heteroatoms. The highest BCUT2D eigenvalue weighted by Crippen LogP contribution is 2.56. The van der Waals surface area contributed by atoms with E-state index in [4.69, 9.17) is 0 Å². The smallest absolute Gasteiger partial charge is 0.127 e. The first-order chi connectivity index (χ1) is 29.7. The minimum absolute atomic E-state index is 1.06. The van der Waals surface area contributed by atoms with Crippen LogP contribution >= 0.6 is 0 Å². The van der Waals surface area contributed by atoms with Gasteiger partial charge in [-0.05, 0) is 79.8 Å². The van der Waals surface area contributed by atoms with Crippen LogP contribution in [0, 0.1) is 0 Å². The fraction of sp³-hybridized carbons (Fsp3) is 0.0175. The Bertz CT molecular complexity index is 3090. The molecule has 0 atom stereocenters. The predicted octanol–water partition coefficient (Wildman–Crippen LogP) is 15.9. The van der Waals surface area contributed by atoms with E-state index in [1.807, 2.05) is 0 Å². The second kappa shape index (κ2) is 14.8. The van der Waals surface area contributed by atoms with Gasteiger partial charge in [-0.3, -0.25) is 9.80 Å². The first kappa shape index (κ1) is 35.3. The van der Waals surface area contributed by atoms with E-state index in [-0.39, 0.29) is 0 Å². The highest BCUT2D eigenvalue weighted by atomic mass is 15.3. The van der Waals surface area contributed by atoms with Crippen LogP contribution in [-0.2, 0) is 7.05 Å². The molecule has 11 rings (SSSR count). The number of nitrogens with zero attached hydrogens (tertiary/aromatic N) is 3. The Hall–Kier alpha value is -7.88. The molecule has 11 aromatic rings. The van der Waals surface area contributed by atoms with E-state index in [1.165, 1.54) is 43.1 Å². The summed E-state index contributed by atoms with van der Waals surface area (Å²) in [5.74, 6) is 2.13. The average molecular weight is 768 g/mol. The summed E-state index contributed by atoms with van der Waals surface area (Å²) < 4.78 is 2.44. The standard InChI is InChI=1S/C57H41N3/c1-58-56(59(44-28-10-4-11-29-44)52-38-42-26-14-16-32-46(42)48-34-18-20-36-50(48)52)54(40-22-6-2-7-23-40)55(41-24-8-3-9-25-41)57(58)60(45-30-12-5-13-31-45)53-39-43-27-15-17-33-47(43)49-35-19-21-37-51(49)53/h2-39H,1H3.